The highest BCUT2D eigenvalue weighted by atomic mass is 35.5. The molecule has 0 bridgehead atoms. The second-order valence-electron chi connectivity index (χ2n) is 5.28. The van der Waals surface area contributed by atoms with Crippen LogP contribution in [0.4, 0.5) is 5.69 Å². The van der Waals surface area contributed by atoms with Gasteiger partial charge in [-0.2, -0.15) is 5.01 Å². The van der Waals surface area contributed by atoms with Crippen LogP contribution < -0.4 is 5.43 Å². The summed E-state index contributed by atoms with van der Waals surface area (Å²) in [5.41, 5.74) is 3.09. The molecule has 2 amide bonds. The highest BCUT2D eigenvalue weighted by Gasteiger charge is 2.34. The van der Waals surface area contributed by atoms with Crippen LogP contribution in [-0.2, 0) is 4.79 Å². The quantitative estimate of drug-likeness (QED) is 0.351. The first-order valence-electron chi connectivity index (χ1n) is 7.45. The molecular formula is C17H10ClN3O4S2. The molecule has 2 aromatic rings. The second kappa shape index (κ2) is 7.87. The van der Waals surface area contributed by atoms with Gasteiger partial charge in [-0.05, 0) is 42.1 Å². The van der Waals surface area contributed by atoms with Crippen molar-refractivity contribution in [2.45, 2.75) is 0 Å². The van der Waals surface area contributed by atoms with Crippen molar-refractivity contribution in [2.24, 2.45) is 0 Å². The Hall–Kier alpha value is -2.75. The van der Waals surface area contributed by atoms with Crippen molar-refractivity contribution in [1.29, 1.82) is 0 Å². The summed E-state index contributed by atoms with van der Waals surface area (Å²) in [6, 6.07) is 12.0. The van der Waals surface area contributed by atoms with Crippen LogP contribution in [0.1, 0.15) is 15.9 Å². The van der Waals surface area contributed by atoms with Crippen LogP contribution in [0, 0.1) is 10.1 Å². The fraction of sp³-hybridized carbons (Fsp3) is 0. The van der Waals surface area contributed by atoms with E-state index in [0.29, 0.717) is 15.5 Å². The van der Waals surface area contributed by atoms with E-state index in [1.807, 2.05) is 0 Å². The molecule has 0 aliphatic carbocycles. The summed E-state index contributed by atoms with van der Waals surface area (Å²) in [7, 11) is 0. The highest BCUT2D eigenvalue weighted by Crippen LogP contribution is 2.32. The maximum absolute atomic E-state index is 12.5. The summed E-state index contributed by atoms with van der Waals surface area (Å²) in [5.74, 6) is -1.10. The van der Waals surface area contributed by atoms with E-state index in [1.54, 1.807) is 30.3 Å². The third-order valence-electron chi connectivity index (χ3n) is 3.54. The van der Waals surface area contributed by atoms with Gasteiger partial charge >= 0.3 is 0 Å². The summed E-state index contributed by atoms with van der Waals surface area (Å²) in [6.07, 6.45) is 1.60. The summed E-state index contributed by atoms with van der Waals surface area (Å²) in [4.78, 5) is 35.3. The van der Waals surface area contributed by atoms with E-state index in [4.69, 9.17) is 23.8 Å². The van der Waals surface area contributed by atoms with E-state index < -0.39 is 16.7 Å². The molecule has 0 spiro atoms. The number of benzene rings is 2. The second-order valence-corrected chi connectivity index (χ2v) is 7.37. The zero-order valence-electron chi connectivity index (χ0n) is 13.4. The van der Waals surface area contributed by atoms with Gasteiger partial charge < -0.3 is 0 Å². The predicted octanol–water partition coefficient (Wildman–Crippen LogP) is 3.79. The molecule has 10 heteroatoms. The van der Waals surface area contributed by atoms with Crippen molar-refractivity contribution in [1.82, 2.24) is 10.4 Å². The minimum atomic E-state index is -0.611. The number of rotatable bonds is 4. The molecule has 1 N–H and O–H groups in total. The molecule has 0 unspecified atom stereocenters. The molecule has 1 aliphatic rings. The van der Waals surface area contributed by atoms with Gasteiger partial charge in [0.05, 0.1) is 9.83 Å². The van der Waals surface area contributed by atoms with Crippen molar-refractivity contribution < 1.29 is 14.5 Å². The topological polar surface area (TPSA) is 92.6 Å². The third kappa shape index (κ3) is 4.16. The summed E-state index contributed by atoms with van der Waals surface area (Å²) in [6.45, 7) is 0. The van der Waals surface area contributed by atoms with Crippen LogP contribution in [-0.4, -0.2) is 26.1 Å². The number of hydrazine groups is 1. The number of hydrogen-bond acceptors (Lipinski definition) is 6. The number of thiocarbonyl (C=S) groups is 1. The average Bonchev–Trinajstić information content (AvgIpc) is 2.91. The number of thioether (sulfide) groups is 1. The lowest BCUT2D eigenvalue weighted by Gasteiger charge is -2.15. The predicted molar refractivity (Wildman–Crippen MR) is 107 cm³/mol. The maximum atomic E-state index is 12.5. The standard InChI is InChI=1S/C17H10ClN3O4S2/c18-13-4-2-1-3-11(13)9-14-16(23)20(17(26)27-14)19-15(22)10-5-7-12(8-6-10)21(24)25/h1-9H,(H,19,22). The lowest BCUT2D eigenvalue weighted by Crippen LogP contribution is -2.44. The lowest BCUT2D eigenvalue weighted by molar-refractivity contribution is -0.384. The van der Waals surface area contributed by atoms with Crippen LogP contribution >= 0.6 is 35.6 Å². The van der Waals surface area contributed by atoms with E-state index >= 15 is 0 Å². The van der Waals surface area contributed by atoms with Crippen molar-refractivity contribution in [3.8, 4) is 0 Å². The van der Waals surface area contributed by atoms with E-state index in [0.717, 1.165) is 16.8 Å². The molecule has 0 saturated carbocycles. The number of hydrogen-bond donors (Lipinski definition) is 1. The lowest BCUT2D eigenvalue weighted by atomic mass is 10.2. The van der Waals surface area contributed by atoms with Gasteiger partial charge in [0, 0.05) is 22.7 Å². The molecule has 27 heavy (non-hydrogen) atoms. The largest absolute Gasteiger partial charge is 0.285 e. The van der Waals surface area contributed by atoms with Gasteiger partial charge in [0.1, 0.15) is 0 Å². The molecule has 2 aromatic carbocycles. The molecule has 3 rings (SSSR count). The highest BCUT2D eigenvalue weighted by molar-refractivity contribution is 8.26. The molecule has 0 aromatic heterocycles. The van der Waals surface area contributed by atoms with Crippen LogP contribution in [0.25, 0.3) is 6.08 Å². The number of amides is 2. The summed E-state index contributed by atoms with van der Waals surface area (Å²) >= 11 is 12.3. The summed E-state index contributed by atoms with van der Waals surface area (Å²) < 4.78 is 0.161. The van der Waals surface area contributed by atoms with Gasteiger partial charge in [0.15, 0.2) is 4.32 Å². The third-order valence-corrected chi connectivity index (χ3v) is 5.19. The average molecular weight is 420 g/mol. The van der Waals surface area contributed by atoms with E-state index in [9.17, 15) is 19.7 Å². The molecule has 0 radical (unpaired) electrons. The van der Waals surface area contributed by atoms with E-state index in [2.05, 4.69) is 5.43 Å². The number of halogens is 1. The van der Waals surface area contributed by atoms with E-state index in [1.165, 1.54) is 24.3 Å². The van der Waals surface area contributed by atoms with Gasteiger partial charge in [0.25, 0.3) is 17.5 Å². The Kier molecular flexibility index (Phi) is 5.54. The zero-order chi connectivity index (χ0) is 19.6. The monoisotopic (exact) mass is 419 g/mol. The smallest absolute Gasteiger partial charge is 0.267 e. The normalized spacial score (nSPS) is 15.3. The van der Waals surface area contributed by atoms with Crippen LogP contribution in [0.5, 0.6) is 0 Å². The molecule has 7 nitrogen and oxygen atoms in total. The first-order chi connectivity index (χ1) is 12.9. The minimum Gasteiger partial charge on any atom is -0.267 e. The van der Waals surface area contributed by atoms with Crippen LogP contribution in [0.15, 0.2) is 53.4 Å². The number of nitrogens with zero attached hydrogens (tertiary/aromatic N) is 2. The zero-order valence-corrected chi connectivity index (χ0v) is 15.8. The van der Waals surface area contributed by atoms with Gasteiger partial charge in [-0.15, -0.1) is 0 Å². The van der Waals surface area contributed by atoms with Crippen molar-refractivity contribution in [3.63, 3.8) is 0 Å². The molecule has 1 saturated heterocycles. The van der Waals surface area contributed by atoms with Crippen molar-refractivity contribution >= 4 is 63.5 Å². The van der Waals surface area contributed by atoms with Crippen LogP contribution in [0.3, 0.4) is 0 Å². The van der Waals surface area contributed by atoms with Crippen LogP contribution in [0.2, 0.25) is 5.02 Å². The molecule has 1 fully saturated rings. The number of nitrogens with one attached hydrogen (secondary N) is 1. The Morgan fingerprint density at radius 1 is 1.22 bits per heavy atom. The fourth-order valence-corrected chi connectivity index (χ4v) is 3.56. The SMILES string of the molecule is O=C(NN1C(=O)C(=Cc2ccccc2Cl)SC1=S)c1ccc([N+](=O)[O-])cc1. The molecule has 136 valence electrons. The molecule has 0 atom stereocenters. The number of nitro groups is 1. The van der Waals surface area contributed by atoms with Crippen molar-refractivity contribution in [2.75, 3.05) is 0 Å². The first kappa shape index (κ1) is 19.0. The Balaban J connectivity index is 1.76. The maximum Gasteiger partial charge on any atom is 0.285 e. The van der Waals surface area contributed by atoms with Gasteiger partial charge in [-0.3, -0.25) is 25.1 Å². The van der Waals surface area contributed by atoms with Gasteiger partial charge in [-0.25, -0.2) is 0 Å². The van der Waals surface area contributed by atoms with Crippen molar-refractivity contribution in [3.05, 3.63) is 79.7 Å². The Morgan fingerprint density at radius 3 is 2.52 bits per heavy atom. The molecule has 1 heterocycles. The minimum absolute atomic E-state index is 0.139. The van der Waals surface area contributed by atoms with Gasteiger partial charge in [0.2, 0.25) is 0 Å². The summed E-state index contributed by atoms with van der Waals surface area (Å²) in [5, 5.41) is 12.1. The Morgan fingerprint density at radius 2 is 1.89 bits per heavy atom. The molecule has 1 aliphatic heterocycles. The number of carbonyl (C=O) groups excluding carboxylic acids is 2. The Bertz CT molecular complexity index is 992. The van der Waals surface area contributed by atoms with E-state index in [-0.39, 0.29) is 15.6 Å². The Labute approximate surface area is 168 Å². The fourth-order valence-electron chi connectivity index (χ4n) is 2.20. The number of non-ortho nitro benzene ring substituents is 1. The molecular weight excluding hydrogens is 410 g/mol. The first-order valence-corrected chi connectivity index (χ1v) is 9.05. The van der Waals surface area contributed by atoms with Gasteiger partial charge in [-0.1, -0.05) is 41.6 Å². The number of nitro benzene ring substituents is 1. The number of carbonyl (C=O) groups is 2.